The maximum atomic E-state index is 11.8. The first-order valence-corrected chi connectivity index (χ1v) is 7.33. The summed E-state index contributed by atoms with van der Waals surface area (Å²) < 4.78 is 5.95. The number of hydrogen-bond donors (Lipinski definition) is 1. The number of Topliss-reactive ketones (excluding diaryl/α,β-unsaturated/α-hetero) is 1. The fraction of sp³-hybridized carbons (Fsp3) is 0.278. The van der Waals surface area contributed by atoms with Gasteiger partial charge in [-0.15, -0.1) is 0 Å². The van der Waals surface area contributed by atoms with Crippen LogP contribution in [0.5, 0.6) is 11.5 Å². The van der Waals surface area contributed by atoms with E-state index in [2.05, 4.69) is 12.2 Å². The molecule has 0 aliphatic heterocycles. The normalized spacial score (nSPS) is 10.2. The van der Waals surface area contributed by atoms with Crippen molar-refractivity contribution in [1.82, 2.24) is 0 Å². The molecule has 110 valence electrons. The van der Waals surface area contributed by atoms with Crippen LogP contribution in [0.2, 0.25) is 0 Å². The summed E-state index contributed by atoms with van der Waals surface area (Å²) in [5, 5.41) is 3.35. The Labute approximate surface area is 126 Å². The molecule has 0 aliphatic rings. The Morgan fingerprint density at radius 3 is 2.52 bits per heavy atom. The molecule has 0 amide bonds. The van der Waals surface area contributed by atoms with E-state index in [1.807, 2.05) is 42.5 Å². The Bertz CT molecular complexity index is 593. The molecular weight excluding hydrogens is 262 g/mol. The van der Waals surface area contributed by atoms with Crippen molar-refractivity contribution < 1.29 is 9.53 Å². The third-order valence-electron chi connectivity index (χ3n) is 3.20. The number of unbranched alkanes of at least 4 members (excludes halogenated alkanes) is 1. The maximum absolute atomic E-state index is 11.8. The number of nitrogens with one attached hydrogen (secondary N) is 1. The average Bonchev–Trinajstić information content (AvgIpc) is 2.49. The third-order valence-corrected chi connectivity index (χ3v) is 3.20. The van der Waals surface area contributed by atoms with Crippen molar-refractivity contribution in [2.24, 2.45) is 0 Å². The lowest BCUT2D eigenvalue weighted by atomic mass is 10.1. The molecule has 2 rings (SSSR count). The van der Waals surface area contributed by atoms with E-state index in [9.17, 15) is 4.79 Å². The fourth-order valence-electron chi connectivity index (χ4n) is 2.07. The molecule has 0 aromatic heterocycles. The molecule has 3 heteroatoms. The van der Waals surface area contributed by atoms with Gasteiger partial charge in [0.05, 0.1) is 11.3 Å². The lowest BCUT2D eigenvalue weighted by Crippen LogP contribution is -2.05. The first kappa shape index (κ1) is 15.1. The Morgan fingerprint density at radius 1 is 1.10 bits per heavy atom. The molecule has 1 N–H and O–H groups in total. The van der Waals surface area contributed by atoms with Crippen molar-refractivity contribution in [3.8, 4) is 11.5 Å². The van der Waals surface area contributed by atoms with Crippen LogP contribution in [-0.2, 0) is 0 Å². The van der Waals surface area contributed by atoms with E-state index in [1.54, 1.807) is 13.0 Å². The largest absolute Gasteiger partial charge is 0.454 e. The van der Waals surface area contributed by atoms with Crippen LogP contribution in [0.4, 0.5) is 5.69 Å². The van der Waals surface area contributed by atoms with E-state index in [0.717, 1.165) is 30.8 Å². The predicted molar refractivity (Wildman–Crippen MR) is 86.4 cm³/mol. The number of rotatable bonds is 7. The van der Waals surface area contributed by atoms with Crippen LogP contribution in [-0.4, -0.2) is 12.3 Å². The van der Waals surface area contributed by atoms with Gasteiger partial charge in [0.1, 0.15) is 5.75 Å². The number of ketones is 1. The first-order valence-electron chi connectivity index (χ1n) is 7.33. The van der Waals surface area contributed by atoms with Gasteiger partial charge in [-0.1, -0.05) is 37.6 Å². The molecular formula is C18H21NO2. The SMILES string of the molecule is CCCCNc1cccc(C(C)=O)c1Oc1ccccc1. The molecule has 0 heterocycles. The minimum atomic E-state index is 0.0000673. The monoisotopic (exact) mass is 283 g/mol. The van der Waals surface area contributed by atoms with Gasteiger partial charge in [0.2, 0.25) is 0 Å². The van der Waals surface area contributed by atoms with Gasteiger partial charge in [-0.25, -0.2) is 0 Å². The fourth-order valence-corrected chi connectivity index (χ4v) is 2.07. The second-order valence-corrected chi connectivity index (χ2v) is 4.93. The first-order chi connectivity index (χ1) is 10.2. The second kappa shape index (κ2) is 7.48. The summed E-state index contributed by atoms with van der Waals surface area (Å²) in [6, 6.07) is 15.1. The third kappa shape index (κ3) is 4.09. The van der Waals surface area contributed by atoms with Crippen LogP contribution < -0.4 is 10.1 Å². The van der Waals surface area contributed by atoms with Gasteiger partial charge in [-0.2, -0.15) is 0 Å². The van der Waals surface area contributed by atoms with Gasteiger partial charge in [0.25, 0.3) is 0 Å². The Balaban J connectivity index is 2.31. The van der Waals surface area contributed by atoms with Gasteiger partial charge in [-0.3, -0.25) is 4.79 Å². The van der Waals surface area contributed by atoms with Gasteiger partial charge in [0, 0.05) is 6.54 Å². The van der Waals surface area contributed by atoms with Crippen LogP contribution in [0.3, 0.4) is 0 Å². The van der Waals surface area contributed by atoms with E-state index in [0.29, 0.717) is 11.3 Å². The minimum absolute atomic E-state index is 0.0000673. The van der Waals surface area contributed by atoms with Crippen molar-refractivity contribution in [1.29, 1.82) is 0 Å². The number of carbonyl (C=O) groups excluding carboxylic acids is 1. The molecule has 0 saturated carbocycles. The molecule has 3 nitrogen and oxygen atoms in total. The van der Waals surface area contributed by atoms with Crippen LogP contribution in [0.15, 0.2) is 48.5 Å². The number of para-hydroxylation sites is 2. The molecule has 0 unspecified atom stereocenters. The van der Waals surface area contributed by atoms with Crippen molar-refractivity contribution in [2.45, 2.75) is 26.7 Å². The van der Waals surface area contributed by atoms with Crippen molar-refractivity contribution in [2.75, 3.05) is 11.9 Å². The van der Waals surface area contributed by atoms with Crippen LogP contribution in [0.25, 0.3) is 0 Å². The summed E-state index contributed by atoms with van der Waals surface area (Å²) in [5.74, 6) is 1.33. The summed E-state index contributed by atoms with van der Waals surface area (Å²) in [6.45, 7) is 4.57. The molecule has 2 aromatic carbocycles. The van der Waals surface area contributed by atoms with Crippen molar-refractivity contribution >= 4 is 11.5 Å². The summed E-state index contributed by atoms with van der Waals surface area (Å²) in [6.07, 6.45) is 2.20. The summed E-state index contributed by atoms with van der Waals surface area (Å²) in [7, 11) is 0. The molecule has 0 fully saturated rings. The van der Waals surface area contributed by atoms with Gasteiger partial charge in [-0.05, 0) is 37.6 Å². The van der Waals surface area contributed by atoms with Gasteiger partial charge in [0.15, 0.2) is 11.5 Å². The summed E-state index contributed by atoms with van der Waals surface area (Å²) >= 11 is 0. The molecule has 0 atom stereocenters. The number of carbonyl (C=O) groups is 1. The number of anilines is 1. The number of ether oxygens (including phenoxy) is 1. The molecule has 0 saturated heterocycles. The van der Waals surface area contributed by atoms with Gasteiger partial charge < -0.3 is 10.1 Å². The molecule has 21 heavy (non-hydrogen) atoms. The zero-order valence-electron chi connectivity index (χ0n) is 12.6. The molecule has 0 aliphatic carbocycles. The zero-order chi connectivity index (χ0) is 15.1. The lowest BCUT2D eigenvalue weighted by Gasteiger charge is -2.15. The summed E-state index contributed by atoms with van der Waals surface area (Å²) in [5.41, 5.74) is 1.46. The van der Waals surface area contributed by atoms with E-state index >= 15 is 0 Å². The van der Waals surface area contributed by atoms with E-state index in [-0.39, 0.29) is 5.78 Å². The molecule has 2 aromatic rings. The van der Waals surface area contributed by atoms with E-state index in [1.165, 1.54) is 0 Å². The van der Waals surface area contributed by atoms with Crippen LogP contribution >= 0.6 is 0 Å². The smallest absolute Gasteiger partial charge is 0.163 e. The predicted octanol–water partition coefficient (Wildman–Crippen LogP) is 4.89. The minimum Gasteiger partial charge on any atom is -0.454 e. The van der Waals surface area contributed by atoms with Crippen molar-refractivity contribution in [3.63, 3.8) is 0 Å². The Hall–Kier alpha value is -2.29. The quantitative estimate of drug-likeness (QED) is 0.580. The lowest BCUT2D eigenvalue weighted by molar-refractivity contribution is 0.101. The molecule has 0 radical (unpaired) electrons. The maximum Gasteiger partial charge on any atom is 0.163 e. The number of benzene rings is 2. The highest BCUT2D eigenvalue weighted by Gasteiger charge is 2.14. The highest BCUT2D eigenvalue weighted by molar-refractivity contribution is 5.98. The van der Waals surface area contributed by atoms with Crippen LogP contribution in [0, 0.1) is 0 Å². The van der Waals surface area contributed by atoms with Gasteiger partial charge >= 0.3 is 0 Å². The molecule has 0 spiro atoms. The highest BCUT2D eigenvalue weighted by Crippen LogP contribution is 2.33. The van der Waals surface area contributed by atoms with E-state index in [4.69, 9.17) is 4.74 Å². The highest BCUT2D eigenvalue weighted by atomic mass is 16.5. The standard InChI is InChI=1S/C18H21NO2/c1-3-4-13-19-17-12-8-11-16(14(2)20)18(17)21-15-9-6-5-7-10-15/h5-12,19H,3-4,13H2,1-2H3. The zero-order valence-corrected chi connectivity index (χ0v) is 12.6. The Kier molecular flexibility index (Phi) is 5.38. The average molecular weight is 283 g/mol. The topological polar surface area (TPSA) is 38.3 Å². The second-order valence-electron chi connectivity index (χ2n) is 4.93. The number of hydrogen-bond acceptors (Lipinski definition) is 3. The van der Waals surface area contributed by atoms with Crippen LogP contribution in [0.1, 0.15) is 37.0 Å². The van der Waals surface area contributed by atoms with Crippen molar-refractivity contribution in [3.05, 3.63) is 54.1 Å². The summed E-state index contributed by atoms with van der Waals surface area (Å²) in [4.78, 5) is 11.8. The molecule has 0 bridgehead atoms. The van der Waals surface area contributed by atoms with E-state index < -0.39 is 0 Å². The Morgan fingerprint density at radius 2 is 1.86 bits per heavy atom.